The molecule has 1 aliphatic carbocycles. The van der Waals surface area contributed by atoms with Crippen LogP contribution in [0.2, 0.25) is 0 Å². The second kappa shape index (κ2) is 13.2. The van der Waals surface area contributed by atoms with Gasteiger partial charge in [0.2, 0.25) is 0 Å². The Morgan fingerprint density at radius 2 is 1.75 bits per heavy atom. The minimum Gasteiger partial charge on any atom is -0.370 e. The fourth-order valence-corrected chi connectivity index (χ4v) is 7.04. The Morgan fingerprint density at radius 3 is 2.50 bits per heavy atom. The molecule has 2 amide bonds. The van der Waals surface area contributed by atoms with E-state index in [2.05, 4.69) is 29.3 Å². The van der Waals surface area contributed by atoms with E-state index < -0.39 is 0 Å². The fourth-order valence-electron chi connectivity index (χ4n) is 5.57. The molecule has 1 aliphatic heterocycles. The molecule has 1 saturated carbocycles. The number of amides is 2. The van der Waals surface area contributed by atoms with Crippen molar-refractivity contribution in [3.05, 3.63) is 106 Å². The van der Waals surface area contributed by atoms with Crippen molar-refractivity contribution in [2.75, 3.05) is 24.5 Å². The number of likely N-dealkylation sites (N-methyl/N-ethyl adjacent to an activating group) is 1. The summed E-state index contributed by atoms with van der Waals surface area (Å²) in [5, 5.41) is 3.33. The summed E-state index contributed by atoms with van der Waals surface area (Å²) in [5.41, 5.74) is 3.14. The van der Waals surface area contributed by atoms with Crippen LogP contribution in [-0.4, -0.2) is 47.6 Å². The Bertz CT molecular complexity index is 1350. The normalized spacial score (nSPS) is 19.8. The number of para-hydroxylation sites is 1. The molecule has 3 aromatic carbocycles. The van der Waals surface area contributed by atoms with E-state index in [4.69, 9.17) is 0 Å². The van der Waals surface area contributed by atoms with Gasteiger partial charge in [0, 0.05) is 54.3 Å². The van der Waals surface area contributed by atoms with Gasteiger partial charge in [-0.05, 0) is 61.7 Å². The van der Waals surface area contributed by atoms with Crippen LogP contribution in [0.4, 0.5) is 10.1 Å². The van der Waals surface area contributed by atoms with Crippen LogP contribution in [0.25, 0.3) is 6.08 Å². The molecule has 1 heterocycles. The van der Waals surface area contributed by atoms with Gasteiger partial charge in [-0.1, -0.05) is 61.4 Å². The minimum atomic E-state index is -0.275. The van der Waals surface area contributed by atoms with E-state index in [0.717, 1.165) is 50.0 Å². The van der Waals surface area contributed by atoms with E-state index in [9.17, 15) is 14.0 Å². The van der Waals surface area contributed by atoms with Crippen molar-refractivity contribution < 1.29 is 14.0 Å². The maximum atomic E-state index is 14.5. The highest BCUT2D eigenvalue weighted by atomic mass is 32.2. The zero-order chi connectivity index (χ0) is 27.9. The molecular weight excluding hydrogens is 521 g/mol. The molecule has 0 aromatic heterocycles. The summed E-state index contributed by atoms with van der Waals surface area (Å²) < 4.78 is 14.5. The maximum absolute atomic E-state index is 14.5. The Balaban J connectivity index is 1.24. The molecule has 5 rings (SSSR count). The summed E-state index contributed by atoms with van der Waals surface area (Å²) in [4.78, 5) is 31.2. The minimum absolute atomic E-state index is 0.0443. The number of carbonyl (C=O) groups is 2. The zero-order valence-corrected chi connectivity index (χ0v) is 23.7. The van der Waals surface area contributed by atoms with Gasteiger partial charge in [-0.3, -0.25) is 9.59 Å². The molecule has 2 aliphatic rings. The Kier molecular flexibility index (Phi) is 9.22. The molecule has 208 valence electrons. The van der Waals surface area contributed by atoms with Crippen LogP contribution >= 0.6 is 11.8 Å². The summed E-state index contributed by atoms with van der Waals surface area (Å²) in [5.74, 6) is -0.438. The third-order valence-electron chi connectivity index (χ3n) is 7.76. The molecular formula is C33H36FN3O2S. The van der Waals surface area contributed by atoms with Crippen LogP contribution in [0.15, 0.2) is 83.8 Å². The zero-order valence-electron chi connectivity index (χ0n) is 22.9. The quantitative estimate of drug-likeness (QED) is 0.305. The lowest BCUT2D eigenvalue weighted by atomic mass is 9.92. The topological polar surface area (TPSA) is 52.7 Å². The van der Waals surface area contributed by atoms with Crippen molar-refractivity contribution in [1.29, 1.82) is 0 Å². The van der Waals surface area contributed by atoms with E-state index in [1.165, 1.54) is 6.07 Å². The molecule has 1 saturated heterocycles. The number of hydrogen-bond donors (Lipinski definition) is 1. The van der Waals surface area contributed by atoms with Gasteiger partial charge >= 0.3 is 0 Å². The van der Waals surface area contributed by atoms with E-state index >= 15 is 0 Å². The molecule has 0 bridgehead atoms. The standard InChI is InChI=1S/C33H36FN3O2S/c1-2-36(27-11-4-3-5-12-27)21-20-35-32(38)25-18-16-24(17-19-25)22-31-33(39)37(23-26-10-6-7-13-28(26)34)29-14-8-9-15-30(29)40-31/h3-7,10-13,16-19,22,29-30H,2,8-9,14-15,20-21,23H2,1H3,(H,35,38)/b31-22-. The number of rotatable bonds is 9. The molecule has 2 unspecified atom stereocenters. The molecule has 3 aromatic rings. The highest BCUT2D eigenvalue weighted by Gasteiger charge is 2.40. The summed E-state index contributed by atoms with van der Waals surface area (Å²) in [7, 11) is 0. The van der Waals surface area contributed by atoms with Gasteiger partial charge in [-0.2, -0.15) is 0 Å². The first-order valence-corrected chi connectivity index (χ1v) is 15.0. The van der Waals surface area contributed by atoms with Crippen LogP contribution in [0.5, 0.6) is 0 Å². The summed E-state index contributed by atoms with van der Waals surface area (Å²) in [6.45, 7) is 4.51. The van der Waals surface area contributed by atoms with Crippen molar-refractivity contribution in [3.8, 4) is 0 Å². The Hall–Kier alpha value is -3.58. The van der Waals surface area contributed by atoms with E-state index in [-0.39, 0.29) is 30.2 Å². The third kappa shape index (κ3) is 6.58. The average Bonchev–Trinajstić information content (AvgIpc) is 2.99. The van der Waals surface area contributed by atoms with Gasteiger partial charge in [-0.25, -0.2) is 4.39 Å². The third-order valence-corrected chi connectivity index (χ3v) is 9.16. The van der Waals surface area contributed by atoms with Gasteiger partial charge in [0.1, 0.15) is 5.82 Å². The van der Waals surface area contributed by atoms with Crippen LogP contribution in [-0.2, 0) is 11.3 Å². The summed E-state index contributed by atoms with van der Waals surface area (Å²) in [6.07, 6.45) is 6.15. The van der Waals surface area contributed by atoms with Gasteiger partial charge in [0.05, 0.1) is 4.91 Å². The van der Waals surface area contributed by atoms with Crippen molar-refractivity contribution in [3.63, 3.8) is 0 Å². The first kappa shape index (κ1) is 28.0. The van der Waals surface area contributed by atoms with Crippen molar-refractivity contribution in [2.24, 2.45) is 0 Å². The molecule has 2 atom stereocenters. The molecule has 2 fully saturated rings. The summed E-state index contributed by atoms with van der Waals surface area (Å²) >= 11 is 1.65. The number of carbonyl (C=O) groups excluding carboxylic acids is 2. The monoisotopic (exact) mass is 557 g/mol. The van der Waals surface area contributed by atoms with Crippen molar-refractivity contribution in [2.45, 2.75) is 50.4 Å². The SMILES string of the molecule is CCN(CCNC(=O)c1ccc(/C=C2\SC3CCCCC3N(Cc3ccccc3F)C2=O)cc1)c1ccccc1. The first-order valence-electron chi connectivity index (χ1n) is 14.1. The predicted octanol–water partition coefficient (Wildman–Crippen LogP) is 6.51. The predicted molar refractivity (Wildman–Crippen MR) is 162 cm³/mol. The lowest BCUT2D eigenvalue weighted by Crippen LogP contribution is -2.50. The van der Waals surface area contributed by atoms with Crippen LogP contribution in [0.3, 0.4) is 0 Å². The Labute approximate surface area is 240 Å². The van der Waals surface area contributed by atoms with Gasteiger partial charge < -0.3 is 15.1 Å². The largest absolute Gasteiger partial charge is 0.370 e. The second-order valence-electron chi connectivity index (χ2n) is 10.3. The molecule has 0 spiro atoms. The highest BCUT2D eigenvalue weighted by molar-refractivity contribution is 8.04. The first-order chi connectivity index (χ1) is 19.5. The molecule has 0 radical (unpaired) electrons. The smallest absolute Gasteiger partial charge is 0.260 e. The number of thioether (sulfide) groups is 1. The molecule has 40 heavy (non-hydrogen) atoms. The number of benzene rings is 3. The van der Waals surface area contributed by atoms with Crippen LogP contribution in [0.1, 0.15) is 54.1 Å². The lowest BCUT2D eigenvalue weighted by Gasteiger charge is -2.44. The van der Waals surface area contributed by atoms with Crippen LogP contribution in [0, 0.1) is 5.82 Å². The number of nitrogens with one attached hydrogen (secondary N) is 1. The van der Waals surface area contributed by atoms with Crippen molar-refractivity contribution >= 4 is 35.3 Å². The van der Waals surface area contributed by atoms with E-state index in [1.807, 2.05) is 47.4 Å². The van der Waals surface area contributed by atoms with Gasteiger partial charge in [0.15, 0.2) is 0 Å². The van der Waals surface area contributed by atoms with Crippen LogP contribution < -0.4 is 10.2 Å². The molecule has 1 N–H and O–H groups in total. The number of nitrogens with zero attached hydrogens (tertiary/aromatic N) is 2. The number of anilines is 1. The fraction of sp³-hybridized carbons (Fsp3) is 0.333. The highest BCUT2D eigenvalue weighted by Crippen LogP contribution is 2.42. The Morgan fingerprint density at radius 1 is 1.02 bits per heavy atom. The van der Waals surface area contributed by atoms with Crippen molar-refractivity contribution in [1.82, 2.24) is 10.2 Å². The average molecular weight is 558 g/mol. The number of halogens is 1. The molecule has 5 nitrogen and oxygen atoms in total. The molecule has 7 heteroatoms. The van der Waals surface area contributed by atoms with E-state index in [0.29, 0.717) is 27.8 Å². The number of fused-ring (bicyclic) bond motifs is 1. The van der Waals surface area contributed by atoms with E-state index in [1.54, 1.807) is 36.0 Å². The summed E-state index contributed by atoms with van der Waals surface area (Å²) in [6, 6.07) is 24.4. The lowest BCUT2D eigenvalue weighted by molar-refractivity contribution is -0.130. The maximum Gasteiger partial charge on any atom is 0.260 e. The second-order valence-corrected chi connectivity index (χ2v) is 11.6. The van der Waals surface area contributed by atoms with Gasteiger partial charge in [0.25, 0.3) is 11.8 Å². The number of hydrogen-bond acceptors (Lipinski definition) is 4. The van der Waals surface area contributed by atoms with Gasteiger partial charge in [-0.15, -0.1) is 11.8 Å².